The van der Waals surface area contributed by atoms with Crippen molar-refractivity contribution >= 4 is 0 Å². The first-order valence-corrected chi connectivity index (χ1v) is 7.31. The minimum absolute atomic E-state index is 0.873. The summed E-state index contributed by atoms with van der Waals surface area (Å²) in [6.45, 7) is 6.60. The van der Waals surface area contributed by atoms with Crippen LogP contribution in [-0.4, -0.2) is 0 Å². The van der Waals surface area contributed by atoms with E-state index in [1.165, 1.54) is 24.0 Å². The Hall–Kier alpha value is -1.56. The molecule has 0 amide bonds. The summed E-state index contributed by atoms with van der Waals surface area (Å²) in [5.74, 6) is 0.873. The highest BCUT2D eigenvalue weighted by Crippen LogP contribution is 2.25. The topological polar surface area (TPSA) is 0 Å². The third kappa shape index (κ3) is 3.96. The van der Waals surface area contributed by atoms with Gasteiger partial charge in [-0.2, -0.15) is 0 Å². The molecule has 0 N–H and O–H groups in total. The van der Waals surface area contributed by atoms with E-state index >= 15 is 0 Å². The van der Waals surface area contributed by atoms with Crippen LogP contribution in [-0.2, 0) is 19.3 Å². The van der Waals surface area contributed by atoms with Crippen LogP contribution in [0.15, 0.2) is 48.5 Å². The minimum Gasteiger partial charge on any atom is -0.0620 e. The van der Waals surface area contributed by atoms with E-state index in [1.807, 2.05) is 0 Å². The fraction of sp³-hybridized carbons (Fsp3) is 0.368. The Bertz CT molecular complexity index is 483. The second-order valence-electron chi connectivity index (χ2n) is 5.62. The van der Waals surface area contributed by atoms with Crippen molar-refractivity contribution in [3.8, 4) is 0 Å². The molecule has 0 nitrogen and oxygen atoms in total. The second-order valence-corrected chi connectivity index (χ2v) is 5.62. The smallest absolute Gasteiger partial charge is 0.0247 e. The Balaban J connectivity index is 0.000000141. The highest BCUT2D eigenvalue weighted by atomic mass is 14.2. The minimum atomic E-state index is 0.873. The van der Waals surface area contributed by atoms with E-state index in [1.54, 1.807) is 11.1 Å². The van der Waals surface area contributed by atoms with Crippen LogP contribution in [0.5, 0.6) is 0 Å². The number of rotatable bonds is 1. The van der Waals surface area contributed by atoms with Crippen LogP contribution in [0.4, 0.5) is 0 Å². The Morgan fingerprint density at radius 2 is 1.42 bits per heavy atom. The highest BCUT2D eigenvalue weighted by Gasteiger charge is 2.15. The monoisotopic (exact) mass is 252 g/mol. The molecule has 1 aliphatic carbocycles. The van der Waals surface area contributed by atoms with Crippen molar-refractivity contribution in [3.63, 3.8) is 0 Å². The lowest BCUT2D eigenvalue weighted by molar-refractivity contribution is 0.628. The normalized spacial score (nSPS) is 13.6. The summed E-state index contributed by atoms with van der Waals surface area (Å²) in [6.07, 6.45) is 3.71. The lowest BCUT2D eigenvalue weighted by Crippen LogP contribution is -1.89. The number of benzene rings is 2. The average molecular weight is 252 g/mol. The third-order valence-electron chi connectivity index (χ3n) is 3.78. The average Bonchev–Trinajstić information content (AvgIpc) is 2.80. The van der Waals surface area contributed by atoms with Crippen molar-refractivity contribution in [1.82, 2.24) is 0 Å². The molecule has 0 spiro atoms. The molecule has 0 aromatic heterocycles. The van der Waals surface area contributed by atoms with Gasteiger partial charge in [0.1, 0.15) is 0 Å². The zero-order chi connectivity index (χ0) is 13.7. The van der Waals surface area contributed by atoms with Crippen LogP contribution in [0, 0.1) is 12.8 Å². The zero-order valence-electron chi connectivity index (χ0n) is 12.3. The van der Waals surface area contributed by atoms with Crippen molar-refractivity contribution < 1.29 is 0 Å². The van der Waals surface area contributed by atoms with E-state index in [9.17, 15) is 0 Å². The number of aryl methyl sites for hydroxylation is 2. The third-order valence-corrected chi connectivity index (χ3v) is 3.78. The quantitative estimate of drug-likeness (QED) is 0.671. The first-order valence-electron chi connectivity index (χ1n) is 7.31. The fourth-order valence-corrected chi connectivity index (χ4v) is 2.60. The lowest BCUT2D eigenvalue weighted by atomic mass is 10.1. The molecule has 0 heteroatoms. The van der Waals surface area contributed by atoms with E-state index in [4.69, 9.17) is 0 Å². The molecule has 0 bridgehead atoms. The maximum atomic E-state index is 2.32. The van der Waals surface area contributed by atoms with E-state index in [-0.39, 0.29) is 0 Å². The van der Waals surface area contributed by atoms with Gasteiger partial charge in [-0.3, -0.25) is 0 Å². The van der Waals surface area contributed by atoms with Gasteiger partial charge in [-0.15, -0.1) is 0 Å². The van der Waals surface area contributed by atoms with Gasteiger partial charge in [0.25, 0.3) is 0 Å². The molecule has 0 fully saturated rings. The van der Waals surface area contributed by atoms with Gasteiger partial charge in [0, 0.05) is 0 Å². The largest absolute Gasteiger partial charge is 0.0620 e. The molecule has 1 aliphatic rings. The first-order chi connectivity index (χ1) is 9.19. The molecule has 0 saturated heterocycles. The van der Waals surface area contributed by atoms with Crippen molar-refractivity contribution in [3.05, 3.63) is 70.8 Å². The van der Waals surface area contributed by atoms with Crippen LogP contribution >= 0.6 is 0 Å². The maximum absolute atomic E-state index is 2.32. The van der Waals surface area contributed by atoms with Crippen LogP contribution in [0.25, 0.3) is 0 Å². The van der Waals surface area contributed by atoms with Crippen LogP contribution in [0.1, 0.15) is 36.1 Å². The van der Waals surface area contributed by atoms with Gasteiger partial charge >= 0.3 is 0 Å². The van der Waals surface area contributed by atoms with Crippen LogP contribution < -0.4 is 0 Å². The Kier molecular flexibility index (Phi) is 4.79. The van der Waals surface area contributed by atoms with Gasteiger partial charge in [-0.25, -0.2) is 0 Å². The van der Waals surface area contributed by atoms with Crippen molar-refractivity contribution in [2.24, 2.45) is 5.92 Å². The van der Waals surface area contributed by atoms with Gasteiger partial charge in [0.2, 0.25) is 0 Å². The predicted molar refractivity (Wildman–Crippen MR) is 83.6 cm³/mol. The van der Waals surface area contributed by atoms with E-state index in [2.05, 4.69) is 69.3 Å². The molecular formula is C19H24. The summed E-state index contributed by atoms with van der Waals surface area (Å²) in [5, 5.41) is 0. The van der Waals surface area contributed by atoms with E-state index in [0.717, 1.165) is 12.3 Å². The summed E-state index contributed by atoms with van der Waals surface area (Å²) < 4.78 is 0. The van der Waals surface area contributed by atoms with Gasteiger partial charge in [0.15, 0.2) is 0 Å². The molecule has 0 atom stereocenters. The molecule has 0 saturated carbocycles. The van der Waals surface area contributed by atoms with Gasteiger partial charge in [-0.1, -0.05) is 67.9 Å². The Labute approximate surface area is 117 Å². The maximum Gasteiger partial charge on any atom is -0.0247 e. The zero-order valence-corrected chi connectivity index (χ0v) is 12.3. The molecule has 2 aromatic rings. The number of hydrogen-bond acceptors (Lipinski definition) is 0. The van der Waals surface area contributed by atoms with Crippen LogP contribution in [0.3, 0.4) is 0 Å². The van der Waals surface area contributed by atoms with E-state index in [0.29, 0.717) is 0 Å². The summed E-state index contributed by atoms with van der Waals surface area (Å²) in [6, 6.07) is 17.4. The summed E-state index contributed by atoms with van der Waals surface area (Å²) in [5.41, 5.74) is 5.89. The highest BCUT2D eigenvalue weighted by molar-refractivity contribution is 5.31. The van der Waals surface area contributed by atoms with Crippen molar-refractivity contribution in [1.29, 1.82) is 0 Å². The predicted octanol–water partition coefficient (Wildman–Crippen LogP) is 4.98. The fourth-order valence-electron chi connectivity index (χ4n) is 2.60. The lowest BCUT2D eigenvalue weighted by Gasteiger charge is -1.94. The first kappa shape index (κ1) is 13.9. The molecule has 2 aromatic carbocycles. The molecule has 19 heavy (non-hydrogen) atoms. The molecule has 3 rings (SSSR count). The number of fused-ring (bicyclic) bond motifs is 1. The standard InChI is InChI=1S/C10H12.C9H12/c1-8-6-9-4-2-3-5-10(9)7-8;1-3-9-6-4-8(2)5-7-9/h2-5,8H,6-7H2,1H3;4-7H,3H2,1-2H3. The summed E-state index contributed by atoms with van der Waals surface area (Å²) >= 11 is 0. The SMILES string of the molecule is CC1Cc2ccccc2C1.CCc1ccc(C)cc1. The molecule has 0 unspecified atom stereocenters. The summed E-state index contributed by atoms with van der Waals surface area (Å²) in [4.78, 5) is 0. The Morgan fingerprint density at radius 3 is 1.89 bits per heavy atom. The van der Waals surface area contributed by atoms with Crippen molar-refractivity contribution in [2.45, 2.75) is 40.0 Å². The molecular weight excluding hydrogens is 228 g/mol. The summed E-state index contributed by atoms with van der Waals surface area (Å²) in [7, 11) is 0. The number of hydrogen-bond donors (Lipinski definition) is 0. The van der Waals surface area contributed by atoms with Crippen LogP contribution in [0.2, 0.25) is 0 Å². The molecule has 0 radical (unpaired) electrons. The molecule has 0 aliphatic heterocycles. The van der Waals surface area contributed by atoms with Gasteiger partial charge in [0.05, 0.1) is 0 Å². The molecule has 0 heterocycles. The second kappa shape index (κ2) is 6.56. The van der Waals surface area contributed by atoms with Crippen molar-refractivity contribution in [2.75, 3.05) is 0 Å². The van der Waals surface area contributed by atoms with Gasteiger partial charge in [-0.05, 0) is 48.8 Å². The van der Waals surface area contributed by atoms with Gasteiger partial charge < -0.3 is 0 Å². The van der Waals surface area contributed by atoms with E-state index < -0.39 is 0 Å². The molecule has 100 valence electrons. The Morgan fingerprint density at radius 1 is 0.895 bits per heavy atom.